The van der Waals surface area contributed by atoms with Crippen molar-refractivity contribution in [2.45, 2.75) is 6.42 Å². The monoisotopic (exact) mass is 214 g/mol. The van der Waals surface area contributed by atoms with E-state index in [0.717, 1.165) is 11.1 Å². The number of primary amides is 1. The summed E-state index contributed by atoms with van der Waals surface area (Å²) in [6.07, 6.45) is 2.11. The van der Waals surface area contributed by atoms with Crippen LogP contribution in [0.3, 0.4) is 0 Å². The fourth-order valence-corrected chi connectivity index (χ4v) is 1.07. The van der Waals surface area contributed by atoms with E-state index in [1.54, 1.807) is 7.11 Å². The van der Waals surface area contributed by atoms with E-state index >= 15 is 0 Å². The highest BCUT2D eigenvalue weighted by Gasteiger charge is 2.05. The molecule has 1 heterocycles. The molecule has 1 amide bonds. The summed E-state index contributed by atoms with van der Waals surface area (Å²) in [6.45, 7) is 1.21. The lowest BCUT2D eigenvalue weighted by Crippen LogP contribution is -2.21. The van der Waals surface area contributed by atoms with Crippen molar-refractivity contribution in [2.24, 2.45) is 5.73 Å². The third kappa shape index (κ3) is 3.13. The zero-order valence-corrected chi connectivity index (χ0v) is 8.45. The summed E-state index contributed by atoms with van der Waals surface area (Å²) >= 11 is 0. The maximum absolute atomic E-state index is 11.2. The Morgan fingerprint density at radius 1 is 1.73 bits per heavy atom. The molecule has 0 radical (unpaired) electrons. The number of H-pyrrole nitrogens is 1. The number of nitrogens with two attached hydrogens (primary N) is 1. The maximum atomic E-state index is 11.2. The summed E-state index contributed by atoms with van der Waals surface area (Å²) in [5.41, 5.74) is 4.93. The van der Waals surface area contributed by atoms with Gasteiger partial charge < -0.3 is 15.8 Å². The van der Waals surface area contributed by atoms with Gasteiger partial charge in [0, 0.05) is 20.3 Å². The maximum Gasteiger partial charge on any atom is 0.337 e. The Morgan fingerprint density at radius 2 is 2.47 bits per heavy atom. The number of ether oxygens (including phenoxy) is 1. The van der Waals surface area contributed by atoms with E-state index in [2.05, 4.69) is 10.4 Å². The molecule has 7 nitrogen and oxygen atoms in total. The fraction of sp³-hybridized carbons (Fsp3) is 0.500. The molecule has 4 N–H and O–H groups in total. The van der Waals surface area contributed by atoms with Gasteiger partial charge in [0.25, 0.3) is 5.56 Å². The van der Waals surface area contributed by atoms with Gasteiger partial charge in [-0.3, -0.25) is 9.89 Å². The topological polar surface area (TPSA) is 102 Å². The average Bonchev–Trinajstić information content (AvgIpc) is 2.55. The quantitative estimate of drug-likeness (QED) is 0.578. The van der Waals surface area contributed by atoms with Crippen molar-refractivity contribution >= 4 is 11.7 Å². The molecule has 0 aliphatic rings. The number of amides is 1. The second kappa shape index (κ2) is 5.20. The summed E-state index contributed by atoms with van der Waals surface area (Å²) in [4.78, 5) is 21.9. The summed E-state index contributed by atoms with van der Waals surface area (Å²) in [6, 6.07) is -0.725. The van der Waals surface area contributed by atoms with Crippen molar-refractivity contribution in [2.75, 3.05) is 25.6 Å². The van der Waals surface area contributed by atoms with Gasteiger partial charge in [0.05, 0.1) is 6.20 Å². The molecule has 1 aromatic rings. The first-order chi connectivity index (χ1) is 7.15. The first kappa shape index (κ1) is 11.3. The first-order valence-corrected chi connectivity index (χ1v) is 4.49. The van der Waals surface area contributed by atoms with E-state index < -0.39 is 6.03 Å². The van der Waals surface area contributed by atoms with E-state index in [4.69, 9.17) is 10.5 Å². The third-order valence-corrected chi connectivity index (χ3v) is 1.80. The van der Waals surface area contributed by atoms with E-state index in [1.807, 2.05) is 0 Å². The number of hydrogen-bond donors (Lipinski definition) is 3. The molecule has 0 atom stereocenters. The highest BCUT2D eigenvalue weighted by atomic mass is 16.5. The number of rotatable bonds is 5. The minimum absolute atomic E-state index is 0.324. The minimum Gasteiger partial charge on any atom is -0.385 e. The molecule has 0 unspecified atom stereocenters. The molecule has 0 saturated heterocycles. The van der Waals surface area contributed by atoms with E-state index in [0.29, 0.717) is 18.8 Å². The molecule has 0 aliphatic heterocycles. The van der Waals surface area contributed by atoms with Crippen molar-refractivity contribution in [1.82, 2.24) is 9.78 Å². The van der Waals surface area contributed by atoms with Crippen molar-refractivity contribution in [3.05, 3.63) is 16.6 Å². The molecule has 0 bridgehead atoms. The number of anilines is 1. The molecule has 0 spiro atoms. The predicted molar refractivity (Wildman–Crippen MR) is 55.0 cm³/mol. The molecule has 84 valence electrons. The number of aromatic nitrogens is 2. The van der Waals surface area contributed by atoms with Crippen LogP contribution in [0.1, 0.15) is 6.42 Å². The number of aromatic amines is 1. The number of nitrogens with one attached hydrogen (secondary N) is 2. The van der Waals surface area contributed by atoms with Crippen LogP contribution in [-0.2, 0) is 4.74 Å². The minimum atomic E-state index is -0.725. The van der Waals surface area contributed by atoms with Crippen molar-refractivity contribution in [3.63, 3.8) is 0 Å². The predicted octanol–water partition coefficient (Wildman–Crippen LogP) is -0.448. The number of carbonyl (C=O) groups excluding carboxylic acids is 1. The highest BCUT2D eigenvalue weighted by molar-refractivity contribution is 5.74. The Kier molecular flexibility index (Phi) is 3.92. The van der Waals surface area contributed by atoms with Crippen LogP contribution in [0.5, 0.6) is 0 Å². The van der Waals surface area contributed by atoms with Gasteiger partial charge in [0.15, 0.2) is 0 Å². The van der Waals surface area contributed by atoms with Crippen LogP contribution in [0.2, 0.25) is 0 Å². The van der Waals surface area contributed by atoms with Crippen LogP contribution in [0.25, 0.3) is 0 Å². The summed E-state index contributed by atoms with van der Waals surface area (Å²) < 4.78 is 5.78. The standard InChI is InChI=1S/C8H14N4O3/c1-15-4-2-3-10-6-5-12(8(9)14)11-7(6)13/h5,10H,2-4H2,1H3,(H2,9,14)(H,11,13). The number of methoxy groups -OCH3 is 1. The molecule has 0 saturated carbocycles. The van der Waals surface area contributed by atoms with Gasteiger partial charge in [-0.25, -0.2) is 9.48 Å². The van der Waals surface area contributed by atoms with Crippen LogP contribution in [0, 0.1) is 0 Å². The lowest BCUT2D eigenvalue weighted by molar-refractivity contribution is 0.198. The van der Waals surface area contributed by atoms with Gasteiger partial charge in [0.2, 0.25) is 0 Å². The molecule has 0 aliphatic carbocycles. The number of hydrogen-bond acceptors (Lipinski definition) is 4. The zero-order chi connectivity index (χ0) is 11.3. The molecular weight excluding hydrogens is 200 g/mol. The lowest BCUT2D eigenvalue weighted by atomic mass is 10.4. The molecule has 0 aromatic carbocycles. The lowest BCUT2D eigenvalue weighted by Gasteiger charge is -2.00. The summed E-state index contributed by atoms with van der Waals surface area (Å²) in [5.74, 6) is 0. The normalized spacial score (nSPS) is 10.2. The smallest absolute Gasteiger partial charge is 0.337 e. The Morgan fingerprint density at radius 3 is 3.00 bits per heavy atom. The second-order valence-electron chi connectivity index (χ2n) is 2.97. The Balaban J connectivity index is 2.54. The largest absolute Gasteiger partial charge is 0.385 e. The molecular formula is C8H14N4O3. The van der Waals surface area contributed by atoms with Crippen molar-refractivity contribution in [3.8, 4) is 0 Å². The molecule has 15 heavy (non-hydrogen) atoms. The van der Waals surface area contributed by atoms with Crippen LogP contribution in [0.15, 0.2) is 11.0 Å². The summed E-state index contributed by atoms with van der Waals surface area (Å²) in [7, 11) is 1.61. The SMILES string of the molecule is COCCCNc1cn(C(N)=O)[nH]c1=O. The number of carbonyl (C=O) groups is 1. The average molecular weight is 214 g/mol. The van der Waals surface area contributed by atoms with Gasteiger partial charge in [-0.1, -0.05) is 0 Å². The van der Waals surface area contributed by atoms with Crippen LogP contribution in [0.4, 0.5) is 10.5 Å². The van der Waals surface area contributed by atoms with Gasteiger partial charge >= 0.3 is 6.03 Å². The number of nitrogens with zero attached hydrogens (tertiary/aromatic N) is 1. The zero-order valence-electron chi connectivity index (χ0n) is 8.45. The van der Waals surface area contributed by atoms with Gasteiger partial charge in [-0.15, -0.1) is 0 Å². The van der Waals surface area contributed by atoms with E-state index in [1.165, 1.54) is 6.20 Å². The third-order valence-electron chi connectivity index (χ3n) is 1.80. The Bertz CT molecular complexity index is 381. The van der Waals surface area contributed by atoms with Crippen LogP contribution in [-0.4, -0.2) is 36.1 Å². The first-order valence-electron chi connectivity index (χ1n) is 4.49. The van der Waals surface area contributed by atoms with E-state index in [9.17, 15) is 9.59 Å². The Labute approximate surface area is 86.2 Å². The van der Waals surface area contributed by atoms with Gasteiger partial charge in [0.1, 0.15) is 5.69 Å². The molecule has 7 heteroatoms. The Hall–Kier alpha value is -1.76. The summed E-state index contributed by atoms with van der Waals surface area (Å²) in [5, 5.41) is 5.15. The van der Waals surface area contributed by atoms with Crippen LogP contribution >= 0.6 is 0 Å². The highest BCUT2D eigenvalue weighted by Crippen LogP contribution is 1.97. The van der Waals surface area contributed by atoms with Gasteiger partial charge in [-0.05, 0) is 6.42 Å². The fourth-order valence-electron chi connectivity index (χ4n) is 1.07. The van der Waals surface area contributed by atoms with Crippen LogP contribution < -0.4 is 16.6 Å². The molecule has 1 aromatic heterocycles. The van der Waals surface area contributed by atoms with E-state index in [-0.39, 0.29) is 5.56 Å². The molecule has 1 rings (SSSR count). The van der Waals surface area contributed by atoms with Gasteiger partial charge in [-0.2, -0.15) is 0 Å². The van der Waals surface area contributed by atoms with Crippen molar-refractivity contribution < 1.29 is 9.53 Å². The second-order valence-corrected chi connectivity index (χ2v) is 2.97. The molecule has 0 fully saturated rings. The van der Waals surface area contributed by atoms with Crippen molar-refractivity contribution in [1.29, 1.82) is 0 Å².